The molecular formula is C11H15N3O3S. The van der Waals surface area contributed by atoms with E-state index in [2.05, 4.69) is 10.5 Å². The lowest BCUT2D eigenvalue weighted by Crippen LogP contribution is -2.27. The van der Waals surface area contributed by atoms with E-state index in [0.717, 1.165) is 0 Å². The highest BCUT2D eigenvalue weighted by Gasteiger charge is 2.06. The van der Waals surface area contributed by atoms with Crippen LogP contribution in [-0.2, 0) is 10.8 Å². The summed E-state index contributed by atoms with van der Waals surface area (Å²) in [6.07, 6.45) is 1.58. The quantitative estimate of drug-likeness (QED) is 0.300. The number of nitrogens with one attached hydrogen (secondary N) is 1. The molecule has 18 heavy (non-hydrogen) atoms. The number of carbonyl (C=O) groups excluding carboxylic acids is 1. The van der Waals surface area contributed by atoms with Gasteiger partial charge in [-0.2, -0.15) is 0 Å². The molecule has 7 heteroatoms. The molecule has 0 aromatic heterocycles. The maximum atomic E-state index is 11.7. The van der Waals surface area contributed by atoms with E-state index in [1.807, 2.05) is 0 Å². The van der Waals surface area contributed by atoms with E-state index >= 15 is 0 Å². The molecule has 0 aliphatic heterocycles. The van der Waals surface area contributed by atoms with Crippen molar-refractivity contribution in [1.82, 2.24) is 5.32 Å². The van der Waals surface area contributed by atoms with E-state index in [-0.39, 0.29) is 11.7 Å². The molecule has 1 rings (SSSR count). The number of oxime groups is 1. The minimum atomic E-state index is -0.924. The molecule has 0 aliphatic rings. The summed E-state index contributed by atoms with van der Waals surface area (Å²) in [6, 6.07) is 6.32. The molecule has 1 aromatic rings. The highest BCUT2D eigenvalue weighted by Crippen LogP contribution is 2.04. The Hall–Kier alpha value is -1.89. The zero-order chi connectivity index (χ0) is 13.5. The summed E-state index contributed by atoms with van der Waals surface area (Å²) in [5.41, 5.74) is 6.40. The van der Waals surface area contributed by atoms with Gasteiger partial charge in [-0.25, -0.2) is 0 Å². The van der Waals surface area contributed by atoms with Crippen LogP contribution in [0.4, 0.5) is 0 Å². The minimum absolute atomic E-state index is 0.0108. The molecule has 1 unspecified atom stereocenters. The first-order valence-electron chi connectivity index (χ1n) is 5.20. The van der Waals surface area contributed by atoms with E-state index in [9.17, 15) is 9.00 Å². The fraction of sp³-hybridized carbons (Fsp3) is 0.273. The second-order valence-electron chi connectivity index (χ2n) is 3.60. The Morgan fingerprint density at radius 3 is 2.44 bits per heavy atom. The van der Waals surface area contributed by atoms with Gasteiger partial charge >= 0.3 is 0 Å². The average molecular weight is 269 g/mol. The summed E-state index contributed by atoms with van der Waals surface area (Å²) in [5, 5.41) is 14.0. The number of hydrogen-bond donors (Lipinski definition) is 3. The van der Waals surface area contributed by atoms with Crippen LogP contribution in [0.5, 0.6) is 0 Å². The first-order valence-corrected chi connectivity index (χ1v) is 6.93. The lowest BCUT2D eigenvalue weighted by atomic mass is 10.1. The summed E-state index contributed by atoms with van der Waals surface area (Å²) in [4.78, 5) is 11.7. The van der Waals surface area contributed by atoms with Crippen molar-refractivity contribution in [2.45, 2.75) is 0 Å². The number of carbonyl (C=O) groups is 1. The molecule has 0 spiro atoms. The third kappa shape index (κ3) is 4.17. The lowest BCUT2D eigenvalue weighted by molar-refractivity contribution is 0.0956. The number of rotatable bonds is 5. The Morgan fingerprint density at radius 1 is 1.39 bits per heavy atom. The van der Waals surface area contributed by atoms with Gasteiger partial charge in [-0.3, -0.25) is 9.00 Å². The van der Waals surface area contributed by atoms with Crippen molar-refractivity contribution in [1.29, 1.82) is 0 Å². The monoisotopic (exact) mass is 269 g/mol. The molecule has 98 valence electrons. The number of nitrogens with two attached hydrogens (primary N) is 1. The van der Waals surface area contributed by atoms with Crippen LogP contribution < -0.4 is 11.1 Å². The highest BCUT2D eigenvalue weighted by atomic mass is 32.2. The summed E-state index contributed by atoms with van der Waals surface area (Å²) in [6.45, 7) is 0.365. The number of amides is 1. The number of amidine groups is 1. The molecule has 0 saturated heterocycles. The fourth-order valence-electron chi connectivity index (χ4n) is 1.26. The first kappa shape index (κ1) is 14.2. The summed E-state index contributed by atoms with van der Waals surface area (Å²) in [7, 11) is -0.924. The molecule has 0 heterocycles. The van der Waals surface area contributed by atoms with Crippen molar-refractivity contribution in [2.24, 2.45) is 10.9 Å². The standard InChI is InChI=1S/C11H15N3O3S/c1-18(17)7-6-13-11(15)9-4-2-8(3-5-9)10(12)14-16/h2-5,16H,6-7H2,1H3,(H2,12,14)(H,13,15). The molecule has 0 radical (unpaired) electrons. The third-order valence-electron chi connectivity index (χ3n) is 2.23. The highest BCUT2D eigenvalue weighted by molar-refractivity contribution is 7.84. The lowest BCUT2D eigenvalue weighted by Gasteiger charge is -2.05. The molecule has 1 amide bonds. The van der Waals surface area contributed by atoms with Gasteiger partial charge in [0.25, 0.3) is 5.91 Å². The predicted molar refractivity (Wildman–Crippen MR) is 70.2 cm³/mol. The van der Waals surface area contributed by atoms with E-state index < -0.39 is 10.8 Å². The summed E-state index contributed by atoms with van der Waals surface area (Å²) >= 11 is 0. The SMILES string of the molecule is CS(=O)CCNC(=O)c1ccc(/C(N)=N/O)cc1. The molecule has 4 N–H and O–H groups in total. The van der Waals surface area contributed by atoms with Gasteiger partial charge in [0, 0.05) is 40.5 Å². The number of benzene rings is 1. The zero-order valence-corrected chi connectivity index (χ0v) is 10.7. The second-order valence-corrected chi connectivity index (χ2v) is 5.15. The maximum Gasteiger partial charge on any atom is 0.251 e. The van der Waals surface area contributed by atoms with Crippen LogP contribution in [0.15, 0.2) is 29.4 Å². The van der Waals surface area contributed by atoms with Gasteiger partial charge in [0.15, 0.2) is 5.84 Å². The predicted octanol–water partition coefficient (Wildman–Crippen LogP) is -0.111. The second kappa shape index (κ2) is 6.75. The van der Waals surface area contributed by atoms with Crippen molar-refractivity contribution in [3.63, 3.8) is 0 Å². The van der Waals surface area contributed by atoms with Crippen LogP contribution in [0.3, 0.4) is 0 Å². The van der Waals surface area contributed by atoms with E-state index in [4.69, 9.17) is 10.9 Å². The molecule has 0 saturated carbocycles. The van der Waals surface area contributed by atoms with Gasteiger partial charge in [-0.05, 0) is 12.1 Å². The minimum Gasteiger partial charge on any atom is -0.409 e. The maximum absolute atomic E-state index is 11.7. The van der Waals surface area contributed by atoms with Crippen LogP contribution in [0.1, 0.15) is 15.9 Å². The Morgan fingerprint density at radius 2 is 1.94 bits per heavy atom. The van der Waals surface area contributed by atoms with Crippen LogP contribution in [0, 0.1) is 0 Å². The van der Waals surface area contributed by atoms with Crippen LogP contribution in [-0.4, -0.2) is 39.7 Å². The van der Waals surface area contributed by atoms with E-state index in [1.54, 1.807) is 30.5 Å². The van der Waals surface area contributed by atoms with Crippen LogP contribution in [0.25, 0.3) is 0 Å². The van der Waals surface area contributed by atoms with Gasteiger partial charge in [0.1, 0.15) is 0 Å². The molecule has 0 fully saturated rings. The molecule has 0 bridgehead atoms. The Bertz CT molecular complexity index is 471. The first-order chi connectivity index (χ1) is 8.54. The average Bonchev–Trinajstić information content (AvgIpc) is 2.37. The Balaban J connectivity index is 2.62. The molecule has 6 nitrogen and oxygen atoms in total. The number of nitrogens with zero attached hydrogens (tertiary/aromatic N) is 1. The molecule has 1 atom stereocenters. The van der Waals surface area contributed by atoms with Crippen LogP contribution in [0.2, 0.25) is 0 Å². The van der Waals surface area contributed by atoms with Crippen molar-refractivity contribution in [2.75, 3.05) is 18.6 Å². The van der Waals surface area contributed by atoms with Gasteiger partial charge in [0.2, 0.25) is 0 Å². The van der Waals surface area contributed by atoms with Crippen molar-refractivity contribution >= 4 is 22.5 Å². The summed E-state index contributed by atoms with van der Waals surface area (Å²) < 4.78 is 10.8. The smallest absolute Gasteiger partial charge is 0.251 e. The van der Waals surface area contributed by atoms with Crippen LogP contribution >= 0.6 is 0 Å². The zero-order valence-electron chi connectivity index (χ0n) is 9.92. The molecule has 0 aliphatic carbocycles. The topological polar surface area (TPSA) is 105 Å². The van der Waals surface area contributed by atoms with Gasteiger partial charge in [0.05, 0.1) is 0 Å². The van der Waals surface area contributed by atoms with E-state index in [0.29, 0.717) is 23.4 Å². The number of hydrogen-bond acceptors (Lipinski definition) is 4. The normalized spacial score (nSPS) is 13.1. The summed E-state index contributed by atoms with van der Waals surface area (Å²) in [5.74, 6) is 0.170. The van der Waals surface area contributed by atoms with Gasteiger partial charge in [-0.1, -0.05) is 17.3 Å². The Labute approximate surface area is 107 Å². The Kier molecular flexibility index (Phi) is 5.31. The third-order valence-corrected chi connectivity index (χ3v) is 3.00. The van der Waals surface area contributed by atoms with Gasteiger partial charge in [-0.15, -0.1) is 0 Å². The van der Waals surface area contributed by atoms with E-state index in [1.165, 1.54) is 0 Å². The molecule has 1 aromatic carbocycles. The van der Waals surface area contributed by atoms with Crippen molar-refractivity contribution in [3.8, 4) is 0 Å². The molecular weight excluding hydrogens is 254 g/mol. The van der Waals surface area contributed by atoms with Crippen molar-refractivity contribution in [3.05, 3.63) is 35.4 Å². The van der Waals surface area contributed by atoms with Gasteiger partial charge < -0.3 is 16.3 Å². The fourth-order valence-corrected chi connectivity index (χ4v) is 1.65. The van der Waals surface area contributed by atoms with Crippen molar-refractivity contribution < 1.29 is 14.2 Å². The largest absolute Gasteiger partial charge is 0.409 e.